The maximum atomic E-state index is 13.2. The second kappa shape index (κ2) is 9.89. The van der Waals surface area contributed by atoms with Crippen LogP contribution >= 0.6 is 0 Å². The molecule has 0 atom stereocenters. The van der Waals surface area contributed by atoms with Crippen LogP contribution in [-0.2, 0) is 16.8 Å². The standard InChI is InChI=1S/C29H29N3O2/c1-4-23-13-11-12-18-27(23)32-21(2)19-24(22(32)3)20-30-31-28(33)29(34,25-14-7-5-8-15-25)26-16-9-6-10-17-26/h5-20,34H,4H2,1-3H3,(H,31,33)/b30-20+. The fraction of sp³-hybridized carbons (Fsp3) is 0.172. The highest BCUT2D eigenvalue weighted by Gasteiger charge is 2.39. The Labute approximate surface area is 200 Å². The Bertz CT molecular complexity index is 1270. The van der Waals surface area contributed by atoms with Crippen molar-refractivity contribution in [2.24, 2.45) is 5.10 Å². The van der Waals surface area contributed by atoms with Crippen LogP contribution in [0.1, 0.15) is 40.6 Å². The summed E-state index contributed by atoms with van der Waals surface area (Å²) in [4.78, 5) is 13.2. The van der Waals surface area contributed by atoms with Gasteiger partial charge in [-0.15, -0.1) is 0 Å². The molecule has 1 amide bonds. The average Bonchev–Trinajstić information content (AvgIpc) is 3.16. The molecule has 34 heavy (non-hydrogen) atoms. The normalized spacial score (nSPS) is 11.6. The zero-order chi connectivity index (χ0) is 24.1. The number of aromatic nitrogens is 1. The number of hydrazone groups is 1. The summed E-state index contributed by atoms with van der Waals surface area (Å²) < 4.78 is 2.20. The molecule has 1 aromatic heterocycles. The Morgan fingerprint density at radius 3 is 2.09 bits per heavy atom. The molecule has 5 heteroatoms. The van der Waals surface area contributed by atoms with E-state index >= 15 is 0 Å². The Hall–Kier alpha value is -3.96. The van der Waals surface area contributed by atoms with Crippen LogP contribution in [0.4, 0.5) is 0 Å². The third kappa shape index (κ3) is 4.30. The van der Waals surface area contributed by atoms with Gasteiger partial charge in [0.15, 0.2) is 5.60 Å². The number of nitrogens with zero attached hydrogens (tertiary/aromatic N) is 2. The first kappa shape index (κ1) is 23.2. The van der Waals surface area contributed by atoms with Gasteiger partial charge in [0, 0.05) is 22.6 Å². The van der Waals surface area contributed by atoms with Crippen LogP contribution in [0.2, 0.25) is 0 Å². The van der Waals surface area contributed by atoms with Gasteiger partial charge in [0.05, 0.1) is 6.21 Å². The fourth-order valence-electron chi connectivity index (χ4n) is 4.35. The van der Waals surface area contributed by atoms with E-state index in [0.29, 0.717) is 11.1 Å². The molecule has 0 saturated carbocycles. The SMILES string of the molecule is CCc1ccccc1-n1c(C)cc(/C=N/NC(=O)C(O)(c2ccccc2)c2ccccc2)c1C. The van der Waals surface area contributed by atoms with Crippen LogP contribution in [0.5, 0.6) is 0 Å². The largest absolute Gasteiger partial charge is 0.372 e. The third-order valence-electron chi connectivity index (χ3n) is 6.17. The van der Waals surface area contributed by atoms with E-state index in [2.05, 4.69) is 47.1 Å². The van der Waals surface area contributed by atoms with E-state index in [9.17, 15) is 9.90 Å². The number of para-hydroxylation sites is 1. The van der Waals surface area contributed by atoms with Crippen molar-refractivity contribution in [3.8, 4) is 5.69 Å². The maximum Gasteiger partial charge on any atom is 0.281 e. The molecule has 4 aromatic rings. The lowest BCUT2D eigenvalue weighted by molar-refractivity contribution is -0.136. The number of hydrogen-bond acceptors (Lipinski definition) is 3. The van der Waals surface area contributed by atoms with Gasteiger partial charge in [0.25, 0.3) is 5.91 Å². The molecule has 0 fully saturated rings. The first-order valence-corrected chi connectivity index (χ1v) is 11.4. The summed E-state index contributed by atoms with van der Waals surface area (Å²) in [6.45, 7) is 6.23. The molecular weight excluding hydrogens is 422 g/mol. The first-order chi connectivity index (χ1) is 16.5. The molecule has 0 saturated heterocycles. The van der Waals surface area contributed by atoms with Crippen LogP contribution in [0, 0.1) is 13.8 Å². The van der Waals surface area contributed by atoms with Crippen molar-refractivity contribution in [2.45, 2.75) is 32.8 Å². The first-order valence-electron chi connectivity index (χ1n) is 11.4. The van der Waals surface area contributed by atoms with Crippen molar-refractivity contribution < 1.29 is 9.90 Å². The van der Waals surface area contributed by atoms with Crippen molar-refractivity contribution in [3.05, 3.63) is 125 Å². The summed E-state index contributed by atoms with van der Waals surface area (Å²) in [6.07, 6.45) is 2.56. The smallest absolute Gasteiger partial charge is 0.281 e. The van der Waals surface area contributed by atoms with Gasteiger partial charge < -0.3 is 9.67 Å². The Morgan fingerprint density at radius 1 is 0.941 bits per heavy atom. The van der Waals surface area contributed by atoms with Gasteiger partial charge in [-0.1, -0.05) is 85.8 Å². The Morgan fingerprint density at radius 2 is 1.50 bits per heavy atom. The summed E-state index contributed by atoms with van der Waals surface area (Å²) >= 11 is 0. The number of aliphatic hydroxyl groups is 1. The highest BCUT2D eigenvalue weighted by molar-refractivity contribution is 5.91. The zero-order valence-electron chi connectivity index (χ0n) is 19.7. The summed E-state index contributed by atoms with van der Waals surface area (Å²) in [5.74, 6) is -0.619. The van der Waals surface area contributed by atoms with Crippen LogP contribution < -0.4 is 5.43 Å². The average molecular weight is 452 g/mol. The molecule has 0 unspecified atom stereocenters. The van der Waals surface area contributed by atoms with Gasteiger partial charge in [0.2, 0.25) is 0 Å². The minimum atomic E-state index is -1.86. The molecule has 0 radical (unpaired) electrons. The number of carbonyl (C=O) groups is 1. The molecule has 172 valence electrons. The number of amides is 1. The van der Waals surface area contributed by atoms with Crippen LogP contribution in [0.15, 0.2) is 96.1 Å². The second-order valence-electron chi connectivity index (χ2n) is 8.29. The fourth-order valence-corrected chi connectivity index (χ4v) is 4.35. The summed E-state index contributed by atoms with van der Waals surface area (Å²) in [7, 11) is 0. The number of hydrogen-bond donors (Lipinski definition) is 2. The molecule has 0 aliphatic carbocycles. The van der Waals surface area contributed by atoms with Crippen molar-refractivity contribution in [1.82, 2.24) is 9.99 Å². The highest BCUT2D eigenvalue weighted by atomic mass is 16.3. The van der Waals surface area contributed by atoms with E-state index in [4.69, 9.17) is 0 Å². The highest BCUT2D eigenvalue weighted by Crippen LogP contribution is 2.30. The minimum Gasteiger partial charge on any atom is -0.372 e. The van der Waals surface area contributed by atoms with E-state index in [1.54, 1.807) is 54.7 Å². The molecule has 4 rings (SSSR count). The Balaban J connectivity index is 1.63. The van der Waals surface area contributed by atoms with E-state index < -0.39 is 11.5 Å². The lowest BCUT2D eigenvalue weighted by Gasteiger charge is -2.27. The summed E-state index contributed by atoms with van der Waals surface area (Å²) in [5, 5.41) is 15.8. The Kier molecular flexibility index (Phi) is 6.75. The summed E-state index contributed by atoms with van der Waals surface area (Å²) in [5.41, 5.74) is 7.05. The van der Waals surface area contributed by atoms with Crippen molar-refractivity contribution in [2.75, 3.05) is 0 Å². The number of carbonyl (C=O) groups excluding carboxylic acids is 1. The van der Waals surface area contributed by atoms with E-state index in [1.807, 2.05) is 31.2 Å². The van der Waals surface area contributed by atoms with Gasteiger partial charge in [-0.05, 0) is 49.1 Å². The van der Waals surface area contributed by atoms with Crippen LogP contribution in [0.3, 0.4) is 0 Å². The molecule has 0 aliphatic rings. The van der Waals surface area contributed by atoms with Gasteiger partial charge in [-0.2, -0.15) is 5.10 Å². The number of benzene rings is 3. The lowest BCUT2D eigenvalue weighted by atomic mass is 9.85. The topological polar surface area (TPSA) is 66.6 Å². The number of nitrogens with one attached hydrogen (secondary N) is 1. The molecule has 0 spiro atoms. The van der Waals surface area contributed by atoms with Crippen molar-refractivity contribution in [3.63, 3.8) is 0 Å². The van der Waals surface area contributed by atoms with E-state index in [-0.39, 0.29) is 0 Å². The molecule has 2 N–H and O–H groups in total. The summed E-state index contributed by atoms with van der Waals surface area (Å²) in [6, 6.07) is 28.2. The third-order valence-corrected chi connectivity index (χ3v) is 6.17. The van der Waals surface area contributed by atoms with Crippen molar-refractivity contribution in [1.29, 1.82) is 0 Å². The molecular formula is C29H29N3O2. The number of aryl methyl sites for hydroxylation is 2. The quantitative estimate of drug-likeness (QED) is 0.305. The van der Waals surface area contributed by atoms with Gasteiger partial charge in [-0.3, -0.25) is 4.79 Å². The van der Waals surface area contributed by atoms with Crippen LogP contribution in [0.25, 0.3) is 5.69 Å². The lowest BCUT2D eigenvalue weighted by Crippen LogP contribution is -2.43. The maximum absolute atomic E-state index is 13.2. The predicted octanol–water partition coefficient (Wildman–Crippen LogP) is 5.04. The molecule has 0 aliphatic heterocycles. The molecule has 5 nitrogen and oxygen atoms in total. The molecule has 1 heterocycles. The van der Waals surface area contributed by atoms with Gasteiger partial charge in [-0.25, -0.2) is 5.43 Å². The zero-order valence-corrected chi connectivity index (χ0v) is 19.7. The van der Waals surface area contributed by atoms with Gasteiger partial charge in [0.1, 0.15) is 0 Å². The van der Waals surface area contributed by atoms with Gasteiger partial charge >= 0.3 is 0 Å². The second-order valence-corrected chi connectivity index (χ2v) is 8.29. The van der Waals surface area contributed by atoms with Crippen molar-refractivity contribution >= 4 is 12.1 Å². The molecule has 0 bridgehead atoms. The predicted molar refractivity (Wildman–Crippen MR) is 136 cm³/mol. The minimum absolute atomic E-state index is 0.475. The van der Waals surface area contributed by atoms with E-state index in [0.717, 1.165) is 29.1 Å². The monoisotopic (exact) mass is 451 g/mol. The van der Waals surface area contributed by atoms with E-state index in [1.165, 1.54) is 5.56 Å². The van der Waals surface area contributed by atoms with Crippen LogP contribution in [-0.4, -0.2) is 21.8 Å². The number of rotatable bonds is 7. The molecule has 3 aromatic carbocycles.